The van der Waals surface area contributed by atoms with Crippen LogP contribution in [0.15, 0.2) is 10.5 Å². The number of carbonyl (C=O) groups is 4. The normalized spacial score (nSPS) is 18.8. The first-order chi connectivity index (χ1) is 11.4. The van der Waals surface area contributed by atoms with Crippen LogP contribution < -0.4 is 0 Å². The van der Waals surface area contributed by atoms with E-state index in [1.807, 2.05) is 0 Å². The zero-order valence-corrected chi connectivity index (χ0v) is 13.5. The molecule has 2 heterocycles. The number of furan rings is 1. The van der Waals surface area contributed by atoms with E-state index in [1.54, 1.807) is 6.92 Å². The highest BCUT2D eigenvalue weighted by molar-refractivity contribution is 6.44. The minimum absolute atomic E-state index is 0.190. The number of rotatable bonds is 4. The van der Waals surface area contributed by atoms with E-state index >= 15 is 0 Å². The topological polar surface area (TPSA) is 97.1 Å². The molecule has 3 rings (SSSR count). The molecule has 1 aromatic rings. The summed E-state index contributed by atoms with van der Waals surface area (Å²) in [6.07, 6.45) is 3.33. The average Bonchev–Trinajstić information content (AvgIpc) is 3.24. The Hall–Kier alpha value is -2.64. The van der Waals surface area contributed by atoms with Crippen molar-refractivity contribution < 1.29 is 28.3 Å². The number of hydrogen-bond donors (Lipinski definition) is 0. The number of hydrogen-bond acceptors (Lipinski definition) is 6. The van der Waals surface area contributed by atoms with E-state index in [0.29, 0.717) is 5.76 Å². The maximum absolute atomic E-state index is 12.5. The first kappa shape index (κ1) is 16.2. The summed E-state index contributed by atoms with van der Waals surface area (Å²) in [6, 6.07) is 0.596. The number of amides is 4. The molecule has 24 heavy (non-hydrogen) atoms. The molecule has 1 aliphatic heterocycles. The highest BCUT2D eigenvalue weighted by atomic mass is 16.5. The minimum Gasteiger partial charge on any atom is -0.465 e. The third-order valence-corrected chi connectivity index (χ3v) is 4.46. The van der Waals surface area contributed by atoms with Crippen molar-refractivity contribution in [3.63, 3.8) is 0 Å². The molecule has 0 radical (unpaired) electrons. The molecule has 1 saturated heterocycles. The molecule has 0 N–H and O–H groups in total. The van der Waals surface area contributed by atoms with Crippen LogP contribution >= 0.6 is 0 Å². The smallest absolute Gasteiger partial charge is 0.341 e. The van der Waals surface area contributed by atoms with Gasteiger partial charge in [0.05, 0.1) is 13.7 Å². The van der Waals surface area contributed by atoms with Gasteiger partial charge in [-0.25, -0.2) is 14.5 Å². The van der Waals surface area contributed by atoms with Gasteiger partial charge in [0.2, 0.25) is 0 Å². The molecule has 8 nitrogen and oxygen atoms in total. The van der Waals surface area contributed by atoms with Crippen LogP contribution in [-0.2, 0) is 20.9 Å². The van der Waals surface area contributed by atoms with Gasteiger partial charge in [-0.3, -0.25) is 14.5 Å². The van der Waals surface area contributed by atoms with Gasteiger partial charge in [0.15, 0.2) is 0 Å². The van der Waals surface area contributed by atoms with Crippen LogP contribution in [0.5, 0.6) is 0 Å². The average molecular weight is 334 g/mol. The number of nitrogens with zero attached hydrogens (tertiary/aromatic N) is 2. The molecule has 1 saturated carbocycles. The zero-order valence-electron chi connectivity index (χ0n) is 13.5. The van der Waals surface area contributed by atoms with E-state index in [9.17, 15) is 19.2 Å². The van der Waals surface area contributed by atoms with Gasteiger partial charge in [0.1, 0.15) is 17.1 Å². The number of ether oxygens (including phenoxy) is 1. The fourth-order valence-electron chi connectivity index (χ4n) is 3.24. The molecule has 0 atom stereocenters. The van der Waals surface area contributed by atoms with Crippen LogP contribution in [0.4, 0.5) is 4.79 Å². The lowest BCUT2D eigenvalue weighted by atomic mass is 10.2. The van der Waals surface area contributed by atoms with E-state index in [0.717, 1.165) is 35.5 Å². The standard InChI is InChI=1S/C16H18N2O6/c1-9-12(15(21)23-2)7-11(24-9)8-17-13(19)14(20)18(16(17)22)10-5-3-4-6-10/h7,10H,3-6,8H2,1-2H3. The van der Waals surface area contributed by atoms with Crippen molar-refractivity contribution in [3.8, 4) is 0 Å². The Bertz CT molecular complexity index is 716. The maximum atomic E-state index is 12.5. The highest BCUT2D eigenvalue weighted by Crippen LogP contribution is 2.29. The molecule has 128 valence electrons. The molecule has 0 spiro atoms. The van der Waals surface area contributed by atoms with Gasteiger partial charge in [-0.2, -0.15) is 0 Å². The lowest BCUT2D eigenvalue weighted by Crippen LogP contribution is -2.39. The molecule has 1 aliphatic carbocycles. The molecule has 8 heteroatoms. The van der Waals surface area contributed by atoms with Crippen molar-refractivity contribution in [2.45, 2.75) is 45.2 Å². The number of aryl methyl sites for hydroxylation is 1. The van der Waals surface area contributed by atoms with Gasteiger partial charge in [-0.05, 0) is 25.8 Å². The van der Waals surface area contributed by atoms with Crippen molar-refractivity contribution in [1.29, 1.82) is 0 Å². The summed E-state index contributed by atoms with van der Waals surface area (Å²) >= 11 is 0. The lowest BCUT2D eigenvalue weighted by molar-refractivity contribution is -0.144. The second-order valence-electron chi connectivity index (χ2n) is 5.96. The SMILES string of the molecule is COC(=O)c1cc(CN2C(=O)C(=O)N(C3CCCC3)C2=O)oc1C. The third-order valence-electron chi connectivity index (χ3n) is 4.46. The van der Waals surface area contributed by atoms with Gasteiger partial charge in [-0.1, -0.05) is 12.8 Å². The molecule has 4 amide bonds. The number of methoxy groups -OCH3 is 1. The van der Waals surface area contributed by atoms with Crippen LogP contribution in [0.2, 0.25) is 0 Å². The van der Waals surface area contributed by atoms with Crippen LogP contribution in [0.3, 0.4) is 0 Å². The van der Waals surface area contributed by atoms with E-state index in [-0.39, 0.29) is 23.9 Å². The number of carbonyl (C=O) groups excluding carboxylic acids is 4. The minimum atomic E-state index is -0.861. The van der Waals surface area contributed by atoms with Crippen LogP contribution in [0.1, 0.15) is 47.6 Å². The van der Waals surface area contributed by atoms with E-state index in [2.05, 4.69) is 4.74 Å². The van der Waals surface area contributed by atoms with E-state index in [4.69, 9.17) is 4.42 Å². The van der Waals surface area contributed by atoms with Gasteiger partial charge in [0.25, 0.3) is 0 Å². The molecule has 2 fully saturated rings. The van der Waals surface area contributed by atoms with Crippen LogP contribution in [0, 0.1) is 6.92 Å². The molecule has 2 aliphatic rings. The zero-order chi connectivity index (χ0) is 17.4. The van der Waals surface area contributed by atoms with E-state index in [1.165, 1.54) is 13.2 Å². The Labute approximate surface area is 138 Å². The number of esters is 1. The van der Waals surface area contributed by atoms with Gasteiger partial charge in [0, 0.05) is 6.04 Å². The van der Waals surface area contributed by atoms with Crippen molar-refractivity contribution >= 4 is 23.8 Å². The second-order valence-corrected chi connectivity index (χ2v) is 5.96. The summed E-state index contributed by atoms with van der Waals surface area (Å²) < 4.78 is 10.1. The Kier molecular flexibility index (Phi) is 4.13. The van der Waals surface area contributed by atoms with Crippen LogP contribution in [0.25, 0.3) is 0 Å². The predicted octanol–water partition coefficient (Wildman–Crippen LogP) is 1.61. The molecule has 0 unspecified atom stereocenters. The molecule has 0 bridgehead atoms. The summed E-state index contributed by atoms with van der Waals surface area (Å²) in [4.78, 5) is 50.3. The van der Waals surface area contributed by atoms with Crippen LogP contribution in [-0.4, -0.2) is 46.8 Å². The molecular weight excluding hydrogens is 316 g/mol. The molecular formula is C16H18N2O6. The Morgan fingerprint density at radius 2 is 1.92 bits per heavy atom. The van der Waals surface area contributed by atoms with Crippen molar-refractivity contribution in [1.82, 2.24) is 9.80 Å². The maximum Gasteiger partial charge on any atom is 0.341 e. The molecule has 1 aromatic heterocycles. The fraction of sp³-hybridized carbons (Fsp3) is 0.500. The van der Waals surface area contributed by atoms with E-state index < -0.39 is 23.8 Å². The summed E-state index contributed by atoms with van der Waals surface area (Å²) in [5, 5.41) is 0. The quantitative estimate of drug-likeness (QED) is 0.471. The lowest BCUT2D eigenvalue weighted by Gasteiger charge is -2.20. The monoisotopic (exact) mass is 334 g/mol. The highest BCUT2D eigenvalue weighted by Gasteiger charge is 2.48. The Morgan fingerprint density at radius 1 is 1.25 bits per heavy atom. The largest absolute Gasteiger partial charge is 0.465 e. The summed E-state index contributed by atoms with van der Waals surface area (Å²) in [5.41, 5.74) is 0.227. The summed E-state index contributed by atoms with van der Waals surface area (Å²) in [5.74, 6) is -1.64. The van der Waals surface area contributed by atoms with Crippen molar-refractivity contribution in [2.75, 3.05) is 7.11 Å². The molecule has 0 aromatic carbocycles. The predicted molar refractivity (Wildman–Crippen MR) is 79.8 cm³/mol. The van der Waals surface area contributed by atoms with Gasteiger partial charge in [-0.15, -0.1) is 0 Å². The summed E-state index contributed by atoms with van der Waals surface area (Å²) in [7, 11) is 1.25. The third kappa shape index (κ3) is 2.57. The first-order valence-corrected chi connectivity index (χ1v) is 7.80. The fourth-order valence-corrected chi connectivity index (χ4v) is 3.24. The van der Waals surface area contributed by atoms with Crippen molar-refractivity contribution in [3.05, 3.63) is 23.2 Å². The first-order valence-electron chi connectivity index (χ1n) is 7.80. The Balaban J connectivity index is 1.80. The van der Waals surface area contributed by atoms with Gasteiger partial charge >= 0.3 is 23.8 Å². The second kappa shape index (κ2) is 6.10. The van der Waals surface area contributed by atoms with Gasteiger partial charge < -0.3 is 9.15 Å². The van der Waals surface area contributed by atoms with Crippen molar-refractivity contribution in [2.24, 2.45) is 0 Å². The number of imide groups is 2. The summed E-state index contributed by atoms with van der Waals surface area (Å²) in [6.45, 7) is 1.39. The Morgan fingerprint density at radius 3 is 2.54 bits per heavy atom. The number of urea groups is 1.